The zero-order valence-corrected chi connectivity index (χ0v) is 11.6. The molecule has 100 valence electrons. The number of rotatable bonds is 6. The smallest absolute Gasteiger partial charge is 0.383 e. The molecule has 4 nitrogen and oxygen atoms in total. The average molecular weight is 270 g/mol. The van der Waals surface area contributed by atoms with E-state index in [0.717, 1.165) is 6.42 Å². The van der Waals surface area contributed by atoms with Gasteiger partial charge in [-0.1, -0.05) is 50.6 Å². The summed E-state index contributed by atoms with van der Waals surface area (Å²) in [5.41, 5.74) is 0.680. The van der Waals surface area contributed by atoms with Crippen molar-refractivity contribution in [1.82, 2.24) is 0 Å². The highest BCUT2D eigenvalue weighted by atomic mass is 31.2. The van der Waals surface area contributed by atoms with E-state index in [1.54, 1.807) is 31.2 Å². The molecule has 0 aliphatic rings. The summed E-state index contributed by atoms with van der Waals surface area (Å²) in [5, 5.41) is 0. The molecule has 0 saturated carbocycles. The molecule has 1 rings (SSSR count). The minimum Gasteiger partial charge on any atom is -0.391 e. The van der Waals surface area contributed by atoms with Crippen LogP contribution in [0.3, 0.4) is 0 Å². The zero-order valence-electron chi connectivity index (χ0n) is 10.7. The average Bonchev–Trinajstić information content (AvgIpc) is 2.29. The Kier molecular flexibility index (Phi) is 5.57. The second-order valence-corrected chi connectivity index (χ2v) is 6.15. The molecule has 0 aliphatic carbocycles. The summed E-state index contributed by atoms with van der Waals surface area (Å²) in [5.74, 6) is -0.940. The van der Waals surface area contributed by atoms with Gasteiger partial charge >= 0.3 is 13.6 Å². The Morgan fingerprint density at radius 1 is 1.39 bits per heavy atom. The lowest BCUT2D eigenvalue weighted by Crippen LogP contribution is -2.13. The van der Waals surface area contributed by atoms with Crippen LogP contribution in [0, 0.1) is 5.92 Å². The standard InChI is InChI=1S/C13H19O4P/c1-3-7-11(2)13(14)17-18(15,16)10-12-8-5-4-6-9-12/h4-6,8-9,11H,3,7,10H2,1-2H3,(H,15,16). The van der Waals surface area contributed by atoms with Crippen molar-refractivity contribution in [3.8, 4) is 0 Å². The third-order valence-corrected chi connectivity index (χ3v) is 3.81. The molecular formula is C13H19O4P. The maximum absolute atomic E-state index is 11.8. The van der Waals surface area contributed by atoms with Crippen molar-refractivity contribution >= 4 is 13.6 Å². The second-order valence-electron chi connectivity index (χ2n) is 4.38. The largest absolute Gasteiger partial charge is 0.391 e. The van der Waals surface area contributed by atoms with E-state index < -0.39 is 13.6 Å². The molecule has 0 aliphatic heterocycles. The molecule has 0 radical (unpaired) electrons. The minimum absolute atomic E-state index is 0.140. The fraction of sp³-hybridized carbons (Fsp3) is 0.462. The van der Waals surface area contributed by atoms with Gasteiger partial charge in [0.15, 0.2) is 0 Å². The monoisotopic (exact) mass is 270 g/mol. The van der Waals surface area contributed by atoms with Crippen molar-refractivity contribution in [2.45, 2.75) is 32.9 Å². The first-order valence-corrected chi connectivity index (χ1v) is 7.80. The highest BCUT2D eigenvalue weighted by Gasteiger charge is 2.27. The Balaban J connectivity index is 2.60. The Morgan fingerprint density at radius 2 is 2.00 bits per heavy atom. The van der Waals surface area contributed by atoms with E-state index in [2.05, 4.69) is 0 Å². The topological polar surface area (TPSA) is 63.6 Å². The number of hydrogen-bond acceptors (Lipinski definition) is 3. The van der Waals surface area contributed by atoms with Crippen molar-refractivity contribution in [2.75, 3.05) is 0 Å². The van der Waals surface area contributed by atoms with Gasteiger partial charge in [-0.2, -0.15) is 0 Å². The summed E-state index contributed by atoms with van der Waals surface area (Å²) in [4.78, 5) is 21.3. The molecule has 0 spiro atoms. The van der Waals surface area contributed by atoms with Gasteiger partial charge in [0.1, 0.15) is 0 Å². The summed E-state index contributed by atoms with van der Waals surface area (Å²) in [6.07, 6.45) is 1.35. The van der Waals surface area contributed by atoms with Gasteiger partial charge in [-0.25, -0.2) is 4.57 Å². The van der Waals surface area contributed by atoms with E-state index in [-0.39, 0.29) is 12.1 Å². The van der Waals surface area contributed by atoms with Crippen molar-refractivity contribution in [3.63, 3.8) is 0 Å². The van der Waals surface area contributed by atoms with Crippen LogP contribution in [0.25, 0.3) is 0 Å². The second kappa shape index (κ2) is 6.72. The lowest BCUT2D eigenvalue weighted by Gasteiger charge is -2.15. The molecule has 18 heavy (non-hydrogen) atoms. The molecule has 2 unspecified atom stereocenters. The number of benzene rings is 1. The molecule has 0 saturated heterocycles. The van der Waals surface area contributed by atoms with Gasteiger partial charge in [-0.15, -0.1) is 0 Å². The van der Waals surface area contributed by atoms with E-state index in [4.69, 9.17) is 4.52 Å². The Labute approximate surface area is 108 Å². The van der Waals surface area contributed by atoms with Crippen LogP contribution in [-0.2, 0) is 20.0 Å². The fourth-order valence-corrected chi connectivity index (χ4v) is 2.83. The normalized spacial score (nSPS) is 15.7. The van der Waals surface area contributed by atoms with Crippen LogP contribution in [0.15, 0.2) is 30.3 Å². The van der Waals surface area contributed by atoms with Crippen LogP contribution < -0.4 is 0 Å². The zero-order chi connectivity index (χ0) is 13.6. The number of carbonyl (C=O) groups excluding carboxylic acids is 1. The van der Waals surface area contributed by atoms with E-state index >= 15 is 0 Å². The van der Waals surface area contributed by atoms with Crippen LogP contribution in [0.1, 0.15) is 32.3 Å². The third-order valence-electron chi connectivity index (χ3n) is 2.58. The first-order valence-electron chi connectivity index (χ1n) is 6.04. The van der Waals surface area contributed by atoms with E-state index in [9.17, 15) is 14.3 Å². The molecule has 5 heteroatoms. The first kappa shape index (κ1) is 14.9. The van der Waals surface area contributed by atoms with Gasteiger partial charge in [-0.3, -0.25) is 4.79 Å². The van der Waals surface area contributed by atoms with Gasteiger partial charge in [0, 0.05) is 0 Å². The van der Waals surface area contributed by atoms with Crippen molar-refractivity contribution in [3.05, 3.63) is 35.9 Å². The van der Waals surface area contributed by atoms with Gasteiger partial charge in [0.05, 0.1) is 12.1 Å². The third kappa shape index (κ3) is 5.03. The van der Waals surface area contributed by atoms with Crippen LogP contribution in [0.4, 0.5) is 0 Å². The van der Waals surface area contributed by atoms with E-state index in [1.807, 2.05) is 13.0 Å². The van der Waals surface area contributed by atoms with Gasteiger partial charge < -0.3 is 9.42 Å². The van der Waals surface area contributed by atoms with E-state index in [1.165, 1.54) is 0 Å². The maximum Gasteiger partial charge on any atom is 0.383 e. The Morgan fingerprint density at radius 3 is 2.56 bits per heavy atom. The van der Waals surface area contributed by atoms with Crippen molar-refractivity contribution < 1.29 is 18.8 Å². The Bertz CT molecular complexity index is 430. The van der Waals surface area contributed by atoms with Crippen LogP contribution in [0.5, 0.6) is 0 Å². The molecule has 0 heterocycles. The molecule has 0 amide bonds. The summed E-state index contributed by atoms with van der Waals surface area (Å²) >= 11 is 0. The lowest BCUT2D eigenvalue weighted by molar-refractivity contribution is -0.139. The molecule has 0 fully saturated rings. The maximum atomic E-state index is 11.8. The molecule has 1 N–H and O–H groups in total. The van der Waals surface area contributed by atoms with Crippen molar-refractivity contribution in [2.24, 2.45) is 5.92 Å². The van der Waals surface area contributed by atoms with Crippen LogP contribution in [0.2, 0.25) is 0 Å². The molecular weight excluding hydrogens is 251 g/mol. The molecule has 0 bridgehead atoms. The van der Waals surface area contributed by atoms with Gasteiger partial charge in [0.2, 0.25) is 0 Å². The Hall–Kier alpha value is -1.12. The van der Waals surface area contributed by atoms with Crippen molar-refractivity contribution in [1.29, 1.82) is 0 Å². The number of hydrogen-bond donors (Lipinski definition) is 1. The molecule has 2 atom stereocenters. The first-order chi connectivity index (χ1) is 8.44. The highest BCUT2D eigenvalue weighted by molar-refractivity contribution is 7.52. The fourth-order valence-electron chi connectivity index (χ4n) is 1.63. The molecule has 0 aromatic heterocycles. The summed E-state index contributed by atoms with van der Waals surface area (Å²) in [7, 11) is -3.90. The lowest BCUT2D eigenvalue weighted by atomic mass is 10.1. The predicted molar refractivity (Wildman–Crippen MR) is 70.1 cm³/mol. The van der Waals surface area contributed by atoms with Crippen LogP contribution >= 0.6 is 7.60 Å². The quantitative estimate of drug-likeness (QED) is 0.805. The van der Waals surface area contributed by atoms with Gasteiger partial charge in [0.25, 0.3) is 0 Å². The predicted octanol–water partition coefficient (Wildman–Crippen LogP) is 3.35. The molecule has 1 aromatic carbocycles. The van der Waals surface area contributed by atoms with E-state index in [0.29, 0.717) is 12.0 Å². The molecule has 1 aromatic rings. The summed E-state index contributed by atoms with van der Waals surface area (Å²) < 4.78 is 16.5. The highest BCUT2D eigenvalue weighted by Crippen LogP contribution is 2.46. The van der Waals surface area contributed by atoms with Gasteiger partial charge in [-0.05, 0) is 12.0 Å². The minimum atomic E-state index is -3.90. The number of carbonyl (C=O) groups is 1. The summed E-state index contributed by atoms with van der Waals surface area (Å²) in [6, 6.07) is 8.83. The SMILES string of the molecule is CCCC(C)C(=O)OP(=O)(O)Cc1ccccc1. The summed E-state index contributed by atoms with van der Waals surface area (Å²) in [6.45, 7) is 3.65. The van der Waals surface area contributed by atoms with Crippen LogP contribution in [-0.4, -0.2) is 10.9 Å².